The average Bonchev–Trinajstić information content (AvgIpc) is 2.47. The van der Waals surface area contributed by atoms with Gasteiger partial charge in [-0.25, -0.2) is 0 Å². The lowest BCUT2D eigenvalue weighted by Crippen LogP contribution is -2.44. The fraction of sp³-hybridized carbons (Fsp3) is 0.875. The van der Waals surface area contributed by atoms with Crippen LogP contribution in [0.3, 0.4) is 0 Å². The molecule has 0 radical (unpaired) electrons. The minimum Gasteiger partial charge on any atom is -0.354 e. The highest BCUT2D eigenvalue weighted by Gasteiger charge is 2.12. The number of carbonyl (C=O) groups excluding carboxylic acids is 2. The first-order chi connectivity index (χ1) is 10.5. The molecule has 0 fully saturated rings. The summed E-state index contributed by atoms with van der Waals surface area (Å²) >= 11 is 1.70. The Labute approximate surface area is 139 Å². The van der Waals surface area contributed by atoms with Gasteiger partial charge in [0.25, 0.3) is 0 Å². The van der Waals surface area contributed by atoms with Crippen molar-refractivity contribution in [3.05, 3.63) is 0 Å². The van der Waals surface area contributed by atoms with Gasteiger partial charge in [0.15, 0.2) is 0 Å². The summed E-state index contributed by atoms with van der Waals surface area (Å²) in [4.78, 5) is 23.3. The largest absolute Gasteiger partial charge is 0.354 e. The van der Waals surface area contributed by atoms with E-state index in [1.807, 2.05) is 0 Å². The third kappa shape index (κ3) is 13.0. The van der Waals surface area contributed by atoms with Crippen LogP contribution in [0.15, 0.2) is 0 Å². The maximum atomic E-state index is 11.7. The number of nitrogens with two attached hydrogens (primary N) is 1. The van der Waals surface area contributed by atoms with E-state index in [9.17, 15) is 9.59 Å². The Balaban J connectivity index is 3.56. The summed E-state index contributed by atoms with van der Waals surface area (Å²) in [5.74, 6) is 2.16. The first-order valence-electron chi connectivity index (χ1n) is 8.35. The zero-order valence-corrected chi connectivity index (χ0v) is 15.1. The van der Waals surface area contributed by atoms with E-state index in [-0.39, 0.29) is 11.8 Å². The Morgan fingerprint density at radius 1 is 1.05 bits per heavy atom. The summed E-state index contributed by atoms with van der Waals surface area (Å²) < 4.78 is 0. The molecule has 0 unspecified atom stereocenters. The fourth-order valence-electron chi connectivity index (χ4n) is 1.83. The van der Waals surface area contributed by atoms with Gasteiger partial charge in [0.2, 0.25) is 11.8 Å². The molecule has 0 aromatic rings. The van der Waals surface area contributed by atoms with Gasteiger partial charge >= 0.3 is 0 Å². The van der Waals surface area contributed by atoms with Crippen molar-refractivity contribution in [3.8, 4) is 0 Å². The molecule has 0 aliphatic heterocycles. The molecule has 2 amide bonds. The normalized spacial score (nSPS) is 12.2. The predicted molar refractivity (Wildman–Crippen MR) is 94.9 cm³/mol. The van der Waals surface area contributed by atoms with Gasteiger partial charge in [0, 0.05) is 25.3 Å². The van der Waals surface area contributed by atoms with Crippen LogP contribution in [-0.2, 0) is 9.59 Å². The number of amides is 2. The molecule has 0 aliphatic carbocycles. The molecule has 0 aliphatic rings. The molecule has 0 bridgehead atoms. The maximum Gasteiger partial charge on any atom is 0.237 e. The van der Waals surface area contributed by atoms with E-state index < -0.39 is 6.04 Å². The number of hydrogen-bond acceptors (Lipinski definition) is 4. The van der Waals surface area contributed by atoms with Crippen molar-refractivity contribution < 1.29 is 9.59 Å². The molecular weight excluding hydrogens is 298 g/mol. The number of carbonyl (C=O) groups is 2. The molecule has 0 heterocycles. The van der Waals surface area contributed by atoms with Crippen LogP contribution < -0.4 is 16.4 Å². The van der Waals surface area contributed by atoms with Gasteiger partial charge in [-0.3, -0.25) is 9.59 Å². The number of rotatable bonds is 13. The van der Waals surface area contributed by atoms with E-state index in [2.05, 4.69) is 31.4 Å². The molecule has 0 saturated heterocycles. The second-order valence-corrected chi connectivity index (χ2v) is 7.06. The predicted octanol–water partition coefficient (Wildman–Crippen LogP) is 1.91. The van der Waals surface area contributed by atoms with Crippen molar-refractivity contribution in [2.24, 2.45) is 11.7 Å². The molecule has 22 heavy (non-hydrogen) atoms. The van der Waals surface area contributed by atoms with Crippen molar-refractivity contribution >= 4 is 23.6 Å². The summed E-state index contributed by atoms with van der Waals surface area (Å²) in [5.41, 5.74) is 5.82. The zero-order valence-electron chi connectivity index (χ0n) is 14.3. The topological polar surface area (TPSA) is 84.2 Å². The van der Waals surface area contributed by atoms with Crippen LogP contribution in [0.5, 0.6) is 0 Å². The summed E-state index contributed by atoms with van der Waals surface area (Å²) in [6, 6.07) is -0.478. The second kappa shape index (κ2) is 13.9. The highest BCUT2D eigenvalue weighted by Crippen LogP contribution is 2.08. The van der Waals surface area contributed by atoms with Crippen molar-refractivity contribution in [2.45, 2.75) is 58.9 Å². The van der Waals surface area contributed by atoms with E-state index in [1.54, 1.807) is 11.8 Å². The quantitative estimate of drug-likeness (QED) is 0.450. The van der Waals surface area contributed by atoms with Crippen LogP contribution in [0.2, 0.25) is 0 Å². The van der Waals surface area contributed by atoms with Crippen LogP contribution >= 0.6 is 11.8 Å². The molecule has 0 spiro atoms. The highest BCUT2D eigenvalue weighted by molar-refractivity contribution is 7.99. The van der Waals surface area contributed by atoms with Crippen molar-refractivity contribution in [3.63, 3.8) is 0 Å². The monoisotopic (exact) mass is 331 g/mol. The Bertz CT molecular complexity index is 312. The summed E-state index contributed by atoms with van der Waals surface area (Å²) in [6.45, 7) is 7.33. The maximum absolute atomic E-state index is 11.7. The molecule has 0 aromatic carbocycles. The van der Waals surface area contributed by atoms with E-state index in [0.29, 0.717) is 31.2 Å². The van der Waals surface area contributed by atoms with E-state index >= 15 is 0 Å². The lowest BCUT2D eigenvalue weighted by Gasteiger charge is -2.13. The minimum absolute atomic E-state index is 0.0575. The molecule has 5 nitrogen and oxygen atoms in total. The molecule has 0 rings (SSSR count). The Morgan fingerprint density at radius 3 is 2.36 bits per heavy atom. The van der Waals surface area contributed by atoms with Crippen LogP contribution in [0, 0.1) is 5.92 Å². The highest BCUT2D eigenvalue weighted by atomic mass is 32.2. The molecule has 6 heteroatoms. The number of hydrogen-bond donors (Lipinski definition) is 3. The second-order valence-electron chi connectivity index (χ2n) is 5.99. The smallest absolute Gasteiger partial charge is 0.237 e. The Hall–Kier alpha value is -0.750. The van der Waals surface area contributed by atoms with Crippen molar-refractivity contribution in [2.75, 3.05) is 24.6 Å². The zero-order chi connectivity index (χ0) is 16.8. The Kier molecular flexibility index (Phi) is 13.4. The van der Waals surface area contributed by atoms with Crippen LogP contribution in [0.1, 0.15) is 52.9 Å². The average molecular weight is 332 g/mol. The van der Waals surface area contributed by atoms with Gasteiger partial charge in [-0.05, 0) is 18.1 Å². The molecular formula is C16H33N3O2S. The fourth-order valence-corrected chi connectivity index (χ4v) is 2.84. The third-order valence-electron chi connectivity index (χ3n) is 3.09. The van der Waals surface area contributed by atoms with Gasteiger partial charge < -0.3 is 16.4 Å². The first kappa shape index (κ1) is 21.2. The molecule has 0 saturated carbocycles. The van der Waals surface area contributed by atoms with Gasteiger partial charge in [-0.15, -0.1) is 0 Å². The minimum atomic E-state index is -0.478. The van der Waals surface area contributed by atoms with Gasteiger partial charge in [-0.1, -0.05) is 40.0 Å². The lowest BCUT2D eigenvalue weighted by atomic mass is 10.1. The molecule has 4 N–H and O–H groups in total. The molecule has 130 valence electrons. The number of thioether (sulfide) groups is 1. The van der Waals surface area contributed by atoms with Crippen LogP contribution in [-0.4, -0.2) is 42.5 Å². The van der Waals surface area contributed by atoms with Gasteiger partial charge in [-0.2, -0.15) is 11.8 Å². The van der Waals surface area contributed by atoms with Gasteiger partial charge in [0.1, 0.15) is 0 Å². The van der Waals surface area contributed by atoms with Crippen LogP contribution in [0.25, 0.3) is 0 Å². The van der Waals surface area contributed by atoms with Crippen LogP contribution in [0.4, 0.5) is 0 Å². The van der Waals surface area contributed by atoms with Gasteiger partial charge in [0.05, 0.1) is 6.04 Å². The number of unbranched alkanes of at least 4 members (excludes halogenated alkanes) is 3. The van der Waals surface area contributed by atoms with E-state index in [1.165, 1.54) is 12.8 Å². The Morgan fingerprint density at radius 2 is 1.73 bits per heavy atom. The van der Waals surface area contributed by atoms with E-state index in [0.717, 1.165) is 18.6 Å². The van der Waals surface area contributed by atoms with Crippen molar-refractivity contribution in [1.29, 1.82) is 0 Å². The first-order valence-corrected chi connectivity index (χ1v) is 9.50. The standard InChI is InChI=1S/C16H33N3O2S/c1-4-5-6-7-8-15(20)18-9-10-19-16(21)14(17)12-22-11-13(2)3/h13-14H,4-12,17H2,1-3H3,(H,18,20)(H,19,21)/t14-/m0/s1. The van der Waals surface area contributed by atoms with E-state index in [4.69, 9.17) is 5.73 Å². The molecule has 1 atom stereocenters. The summed E-state index contributed by atoms with van der Waals surface area (Å²) in [5, 5.41) is 5.57. The third-order valence-corrected chi connectivity index (χ3v) is 4.59. The lowest BCUT2D eigenvalue weighted by molar-refractivity contribution is -0.123. The van der Waals surface area contributed by atoms with Crippen molar-refractivity contribution in [1.82, 2.24) is 10.6 Å². The summed E-state index contributed by atoms with van der Waals surface area (Å²) in [7, 11) is 0. The molecule has 0 aromatic heterocycles. The number of nitrogens with one attached hydrogen (secondary N) is 2. The summed E-state index contributed by atoms with van der Waals surface area (Å²) in [6.07, 6.45) is 4.95. The SMILES string of the molecule is CCCCCCC(=O)NCCNC(=O)[C@@H](N)CSCC(C)C.